The van der Waals surface area contributed by atoms with Gasteiger partial charge in [-0.15, -0.1) is 0 Å². The monoisotopic (exact) mass is 516 g/mol. The molecule has 3 aromatic rings. The topological polar surface area (TPSA) is 137 Å². The van der Waals surface area contributed by atoms with Gasteiger partial charge in [0.25, 0.3) is 0 Å². The van der Waals surface area contributed by atoms with Crippen LogP contribution >= 0.6 is 0 Å². The number of carbonyl (C=O) groups excluding carboxylic acids is 3. The van der Waals surface area contributed by atoms with E-state index in [1.54, 1.807) is 6.07 Å². The van der Waals surface area contributed by atoms with E-state index in [9.17, 15) is 19.5 Å². The normalized spacial score (nSPS) is 14.4. The number of hydrogen-bond acceptors (Lipinski definition) is 7. The highest BCUT2D eigenvalue weighted by Gasteiger charge is 2.35. The highest BCUT2D eigenvalue weighted by atomic mass is 16.3. The third kappa shape index (κ3) is 7.36. The average molecular weight is 517 g/mol. The molecule has 0 bridgehead atoms. The second-order valence-electron chi connectivity index (χ2n) is 9.37. The minimum absolute atomic E-state index is 0.137. The van der Waals surface area contributed by atoms with Gasteiger partial charge in [-0.05, 0) is 18.4 Å². The van der Waals surface area contributed by atoms with Gasteiger partial charge in [0.1, 0.15) is 11.6 Å². The molecule has 4 N–H and O–H groups in total. The Balaban J connectivity index is 1.40. The van der Waals surface area contributed by atoms with Gasteiger partial charge < -0.3 is 26.0 Å². The number of piperidine rings is 1. The largest absolute Gasteiger partial charge is 0.389 e. The van der Waals surface area contributed by atoms with E-state index in [0.29, 0.717) is 44.0 Å². The smallest absolute Gasteiger partial charge is 0.315 e. The molecule has 1 aliphatic rings. The second kappa shape index (κ2) is 12.3. The average Bonchev–Trinajstić information content (AvgIpc) is 2.92. The van der Waals surface area contributed by atoms with Gasteiger partial charge in [-0.2, -0.15) is 0 Å². The van der Waals surface area contributed by atoms with Crippen LogP contribution in [0, 0.1) is 0 Å². The molecule has 0 unspecified atom stereocenters. The standard InChI is InChI=1S/C28H32N6O4/c1-20(35)29-14-15-30-23-18-24(32-25(31-23)22-10-6-3-7-11-22)33-26(36)27(37)34-16-12-28(38,13-17-34)19-21-8-4-2-5-9-21/h2-11,18,38H,12-17,19H2,1H3,(H,29,35)(H2,30,31,32,33,36). The molecule has 10 heteroatoms. The molecule has 1 fully saturated rings. The lowest BCUT2D eigenvalue weighted by Crippen LogP contribution is -2.50. The molecular formula is C28H32N6O4. The molecule has 0 atom stereocenters. The van der Waals surface area contributed by atoms with Crippen molar-refractivity contribution in [3.63, 3.8) is 0 Å². The van der Waals surface area contributed by atoms with Crippen LogP contribution in [0.25, 0.3) is 11.4 Å². The summed E-state index contributed by atoms with van der Waals surface area (Å²) in [6, 6.07) is 20.5. The molecular weight excluding hydrogens is 484 g/mol. The van der Waals surface area contributed by atoms with E-state index in [0.717, 1.165) is 11.1 Å². The number of nitrogens with zero attached hydrogens (tertiary/aromatic N) is 3. The summed E-state index contributed by atoms with van der Waals surface area (Å²) in [6.07, 6.45) is 1.27. The number of benzene rings is 2. The van der Waals surface area contributed by atoms with Gasteiger partial charge in [0, 0.05) is 51.2 Å². The van der Waals surface area contributed by atoms with Crippen molar-refractivity contribution in [3.05, 3.63) is 72.3 Å². The van der Waals surface area contributed by atoms with Crippen molar-refractivity contribution in [1.82, 2.24) is 20.2 Å². The van der Waals surface area contributed by atoms with Crippen LogP contribution in [0.4, 0.5) is 11.6 Å². The van der Waals surface area contributed by atoms with E-state index in [-0.39, 0.29) is 24.8 Å². The van der Waals surface area contributed by atoms with Crippen molar-refractivity contribution >= 4 is 29.4 Å². The number of aromatic nitrogens is 2. The number of carbonyl (C=O) groups is 3. The quantitative estimate of drug-likeness (QED) is 0.266. The molecule has 10 nitrogen and oxygen atoms in total. The summed E-state index contributed by atoms with van der Waals surface area (Å²) >= 11 is 0. The molecule has 3 amide bonds. The maximum atomic E-state index is 12.9. The Morgan fingerprint density at radius 1 is 0.921 bits per heavy atom. The van der Waals surface area contributed by atoms with Crippen molar-refractivity contribution in [3.8, 4) is 11.4 Å². The molecule has 0 radical (unpaired) electrons. The van der Waals surface area contributed by atoms with Gasteiger partial charge in [-0.25, -0.2) is 9.97 Å². The maximum Gasteiger partial charge on any atom is 0.315 e. The van der Waals surface area contributed by atoms with E-state index >= 15 is 0 Å². The van der Waals surface area contributed by atoms with Crippen LogP contribution in [0.2, 0.25) is 0 Å². The van der Waals surface area contributed by atoms with E-state index in [4.69, 9.17) is 0 Å². The lowest BCUT2D eigenvalue weighted by molar-refractivity contribution is -0.146. The SMILES string of the molecule is CC(=O)NCCNc1cc(NC(=O)C(=O)N2CCC(O)(Cc3ccccc3)CC2)nc(-c2ccccc2)n1. The van der Waals surface area contributed by atoms with Gasteiger partial charge in [0.05, 0.1) is 5.60 Å². The summed E-state index contributed by atoms with van der Waals surface area (Å²) in [5.74, 6) is -0.621. The molecule has 0 saturated carbocycles. The third-order valence-electron chi connectivity index (χ3n) is 6.36. The Kier molecular flexibility index (Phi) is 8.65. The molecule has 0 aliphatic carbocycles. The first-order valence-electron chi connectivity index (χ1n) is 12.6. The van der Waals surface area contributed by atoms with Crippen molar-refractivity contribution < 1.29 is 19.5 Å². The van der Waals surface area contributed by atoms with Crippen LogP contribution in [-0.4, -0.2) is 69.5 Å². The summed E-state index contributed by atoms with van der Waals surface area (Å²) < 4.78 is 0. The number of hydrogen-bond donors (Lipinski definition) is 4. The first kappa shape index (κ1) is 26.7. The second-order valence-corrected chi connectivity index (χ2v) is 9.37. The number of likely N-dealkylation sites (tertiary alicyclic amines) is 1. The number of amides is 3. The lowest BCUT2D eigenvalue weighted by atomic mass is 9.85. The predicted molar refractivity (Wildman–Crippen MR) is 144 cm³/mol. The lowest BCUT2D eigenvalue weighted by Gasteiger charge is -2.38. The predicted octanol–water partition coefficient (Wildman–Crippen LogP) is 2.23. The summed E-state index contributed by atoms with van der Waals surface area (Å²) in [5, 5.41) is 19.4. The van der Waals surface area contributed by atoms with Gasteiger partial charge >= 0.3 is 11.8 Å². The first-order valence-corrected chi connectivity index (χ1v) is 12.6. The van der Waals surface area contributed by atoms with Gasteiger partial charge in [-0.1, -0.05) is 60.7 Å². The zero-order chi connectivity index (χ0) is 27.0. The van der Waals surface area contributed by atoms with Crippen molar-refractivity contribution in [2.75, 3.05) is 36.8 Å². The Morgan fingerprint density at radius 3 is 2.21 bits per heavy atom. The van der Waals surface area contributed by atoms with Crippen LogP contribution in [-0.2, 0) is 20.8 Å². The Labute approximate surface area is 221 Å². The highest BCUT2D eigenvalue weighted by molar-refractivity contribution is 6.39. The Bertz CT molecular complexity index is 1260. The minimum atomic E-state index is -0.913. The van der Waals surface area contributed by atoms with E-state index < -0.39 is 17.4 Å². The minimum Gasteiger partial charge on any atom is -0.389 e. The summed E-state index contributed by atoms with van der Waals surface area (Å²) in [7, 11) is 0. The van der Waals surface area contributed by atoms with E-state index in [2.05, 4.69) is 25.9 Å². The van der Waals surface area contributed by atoms with Crippen LogP contribution in [0.5, 0.6) is 0 Å². The number of aliphatic hydroxyl groups is 1. The molecule has 1 aliphatic heterocycles. The fourth-order valence-electron chi connectivity index (χ4n) is 4.34. The fourth-order valence-corrected chi connectivity index (χ4v) is 4.34. The van der Waals surface area contributed by atoms with Crippen molar-refractivity contribution in [1.29, 1.82) is 0 Å². The zero-order valence-electron chi connectivity index (χ0n) is 21.3. The molecule has 198 valence electrons. The molecule has 2 aromatic carbocycles. The summed E-state index contributed by atoms with van der Waals surface area (Å²) in [6.45, 7) is 2.81. The molecule has 4 rings (SSSR count). The highest BCUT2D eigenvalue weighted by Crippen LogP contribution is 2.27. The third-order valence-corrected chi connectivity index (χ3v) is 6.36. The first-order chi connectivity index (χ1) is 18.3. The fraction of sp³-hybridized carbons (Fsp3) is 0.321. The van der Waals surface area contributed by atoms with Crippen LogP contribution in [0.15, 0.2) is 66.7 Å². The van der Waals surface area contributed by atoms with Gasteiger partial charge in [0.15, 0.2) is 5.82 Å². The van der Waals surface area contributed by atoms with Crippen LogP contribution in [0.1, 0.15) is 25.3 Å². The molecule has 1 aromatic heterocycles. The van der Waals surface area contributed by atoms with E-state index in [1.807, 2.05) is 60.7 Å². The van der Waals surface area contributed by atoms with Gasteiger partial charge in [0.2, 0.25) is 5.91 Å². The maximum absolute atomic E-state index is 12.9. The Morgan fingerprint density at radius 2 is 1.55 bits per heavy atom. The molecule has 1 saturated heterocycles. The number of rotatable bonds is 8. The molecule has 2 heterocycles. The molecule has 0 spiro atoms. The molecule has 38 heavy (non-hydrogen) atoms. The summed E-state index contributed by atoms with van der Waals surface area (Å²) in [4.78, 5) is 47.3. The zero-order valence-corrected chi connectivity index (χ0v) is 21.3. The van der Waals surface area contributed by atoms with Crippen molar-refractivity contribution in [2.24, 2.45) is 0 Å². The van der Waals surface area contributed by atoms with E-state index in [1.165, 1.54) is 11.8 Å². The van der Waals surface area contributed by atoms with Crippen LogP contribution < -0.4 is 16.0 Å². The van der Waals surface area contributed by atoms with Crippen LogP contribution in [0.3, 0.4) is 0 Å². The van der Waals surface area contributed by atoms with Crippen molar-refractivity contribution in [2.45, 2.75) is 31.8 Å². The Hall–Kier alpha value is -4.31. The summed E-state index contributed by atoms with van der Waals surface area (Å²) in [5.41, 5.74) is 0.865. The number of anilines is 2. The van der Waals surface area contributed by atoms with Gasteiger partial charge in [-0.3, -0.25) is 14.4 Å². The number of nitrogens with one attached hydrogen (secondary N) is 3.